The monoisotopic (exact) mass is 241 g/mol. The highest BCUT2D eigenvalue weighted by Gasteiger charge is 2.28. The fourth-order valence-corrected chi connectivity index (χ4v) is 2.46. The third kappa shape index (κ3) is 1.81. The Morgan fingerprint density at radius 1 is 1.50 bits per heavy atom. The van der Waals surface area contributed by atoms with Crippen LogP contribution in [0.3, 0.4) is 0 Å². The molecular weight excluding hydrogens is 230 g/mol. The van der Waals surface area contributed by atoms with Gasteiger partial charge < -0.3 is 5.11 Å². The van der Waals surface area contributed by atoms with E-state index in [1.165, 1.54) is 12.1 Å². The van der Waals surface area contributed by atoms with Crippen LogP contribution in [-0.2, 0) is 21.2 Å². The highest BCUT2D eigenvalue weighted by atomic mass is 32.2. The molecule has 0 aliphatic carbocycles. The number of carbonyl (C=O) groups is 1. The van der Waals surface area contributed by atoms with E-state index >= 15 is 0 Å². The van der Waals surface area contributed by atoms with Gasteiger partial charge in [-0.15, -0.1) is 0 Å². The average molecular weight is 241 g/mol. The molecule has 86 valence electrons. The van der Waals surface area contributed by atoms with E-state index in [-0.39, 0.29) is 4.90 Å². The van der Waals surface area contributed by atoms with Crippen LogP contribution in [0.1, 0.15) is 17.2 Å². The molecule has 0 unspecified atom stereocenters. The number of fused-ring (bicyclic) bond motifs is 1. The Kier molecular flexibility index (Phi) is 2.47. The van der Waals surface area contributed by atoms with Crippen LogP contribution in [0, 0.1) is 0 Å². The molecule has 1 aromatic carbocycles. The highest BCUT2D eigenvalue weighted by Crippen LogP contribution is 2.27. The maximum atomic E-state index is 11.3. The molecule has 0 amide bonds. The van der Waals surface area contributed by atoms with Crippen molar-refractivity contribution in [3.8, 4) is 0 Å². The number of hydrogen-bond acceptors (Lipinski definition) is 4. The molecule has 0 saturated heterocycles. The molecule has 1 aromatic rings. The summed E-state index contributed by atoms with van der Waals surface area (Å²) < 4.78 is 22.6. The lowest BCUT2D eigenvalue weighted by atomic mass is 10.1. The number of nitrogens with one attached hydrogen (secondary N) is 1. The minimum atomic E-state index is -3.24. The van der Waals surface area contributed by atoms with Gasteiger partial charge in [0.1, 0.15) is 6.04 Å². The van der Waals surface area contributed by atoms with Gasteiger partial charge in [-0.25, -0.2) is 8.42 Å². The van der Waals surface area contributed by atoms with Crippen LogP contribution < -0.4 is 5.32 Å². The maximum absolute atomic E-state index is 11.3. The smallest absolute Gasteiger partial charge is 0.325 e. The summed E-state index contributed by atoms with van der Waals surface area (Å²) in [4.78, 5) is 11.1. The van der Waals surface area contributed by atoms with E-state index in [2.05, 4.69) is 5.32 Å². The van der Waals surface area contributed by atoms with Crippen molar-refractivity contribution < 1.29 is 18.3 Å². The lowest BCUT2D eigenvalue weighted by Crippen LogP contribution is -2.21. The maximum Gasteiger partial charge on any atom is 0.325 e. The van der Waals surface area contributed by atoms with Gasteiger partial charge in [-0.2, -0.15) is 0 Å². The molecule has 1 heterocycles. The van der Waals surface area contributed by atoms with E-state index in [9.17, 15) is 13.2 Å². The summed E-state index contributed by atoms with van der Waals surface area (Å²) in [5.74, 6) is -0.953. The van der Waals surface area contributed by atoms with Gasteiger partial charge in [0, 0.05) is 12.8 Å². The van der Waals surface area contributed by atoms with E-state index in [1.807, 2.05) is 0 Å². The normalized spacial score (nSPS) is 19.4. The number of carboxylic acid groups (broad SMARTS) is 1. The van der Waals surface area contributed by atoms with Crippen LogP contribution in [0.5, 0.6) is 0 Å². The first kappa shape index (κ1) is 11.1. The predicted molar refractivity (Wildman–Crippen MR) is 56.8 cm³/mol. The number of benzene rings is 1. The quantitative estimate of drug-likeness (QED) is 0.779. The number of carboxylic acids is 1. The molecule has 5 nitrogen and oxygen atoms in total. The summed E-state index contributed by atoms with van der Waals surface area (Å²) >= 11 is 0. The van der Waals surface area contributed by atoms with Crippen LogP contribution >= 0.6 is 0 Å². The first-order valence-corrected chi connectivity index (χ1v) is 6.58. The molecule has 1 aliphatic heterocycles. The topological polar surface area (TPSA) is 83.5 Å². The molecule has 0 fully saturated rings. The van der Waals surface area contributed by atoms with Crippen molar-refractivity contribution in [1.82, 2.24) is 5.32 Å². The van der Waals surface area contributed by atoms with E-state index < -0.39 is 21.8 Å². The van der Waals surface area contributed by atoms with Crippen molar-refractivity contribution in [2.45, 2.75) is 17.5 Å². The molecule has 1 aliphatic rings. The Morgan fingerprint density at radius 3 is 2.75 bits per heavy atom. The fraction of sp³-hybridized carbons (Fsp3) is 0.300. The van der Waals surface area contributed by atoms with E-state index in [0.29, 0.717) is 12.1 Å². The minimum Gasteiger partial charge on any atom is -0.480 e. The summed E-state index contributed by atoms with van der Waals surface area (Å²) in [5, 5.41) is 11.7. The van der Waals surface area contributed by atoms with Crippen molar-refractivity contribution in [2.24, 2.45) is 0 Å². The van der Waals surface area contributed by atoms with Gasteiger partial charge in [-0.3, -0.25) is 10.1 Å². The minimum absolute atomic E-state index is 0.221. The van der Waals surface area contributed by atoms with Crippen molar-refractivity contribution in [3.05, 3.63) is 29.3 Å². The molecule has 0 radical (unpaired) electrons. The summed E-state index contributed by atoms with van der Waals surface area (Å²) in [5.41, 5.74) is 1.37. The van der Waals surface area contributed by atoms with E-state index in [0.717, 1.165) is 11.8 Å². The summed E-state index contributed by atoms with van der Waals surface area (Å²) in [7, 11) is -3.24. The third-order valence-electron chi connectivity index (χ3n) is 2.60. The summed E-state index contributed by atoms with van der Waals surface area (Å²) in [6, 6.07) is 3.80. The fourth-order valence-electron chi connectivity index (χ4n) is 1.79. The molecule has 16 heavy (non-hydrogen) atoms. The number of hydrogen-bond donors (Lipinski definition) is 2. The standard InChI is InChI=1S/C10H11NO4S/c1-16(14,15)7-2-3-8-6(4-7)5-11-9(8)10(12)13/h2-4,9,11H,5H2,1H3,(H,12,13)/t9-/m1/s1. The Morgan fingerprint density at radius 2 is 2.19 bits per heavy atom. The summed E-state index contributed by atoms with van der Waals surface area (Å²) in [6.45, 7) is 0.385. The molecule has 0 aromatic heterocycles. The first-order chi connectivity index (χ1) is 7.39. The molecule has 1 atom stereocenters. The van der Waals surface area contributed by atoms with Crippen molar-refractivity contribution in [1.29, 1.82) is 0 Å². The molecule has 0 bridgehead atoms. The Hall–Kier alpha value is -1.40. The van der Waals surface area contributed by atoms with Crippen molar-refractivity contribution in [3.63, 3.8) is 0 Å². The van der Waals surface area contributed by atoms with Crippen LogP contribution in [0.15, 0.2) is 23.1 Å². The number of rotatable bonds is 2. The Bertz CT molecular complexity index is 550. The van der Waals surface area contributed by atoms with Crippen molar-refractivity contribution >= 4 is 15.8 Å². The Labute approximate surface area is 93.0 Å². The molecule has 0 spiro atoms. The lowest BCUT2D eigenvalue weighted by Gasteiger charge is -2.06. The number of aliphatic carboxylic acids is 1. The molecule has 0 saturated carbocycles. The van der Waals surface area contributed by atoms with E-state index in [4.69, 9.17) is 5.11 Å². The first-order valence-electron chi connectivity index (χ1n) is 4.68. The predicted octanol–water partition coefficient (Wildman–Crippen LogP) is 0.319. The highest BCUT2D eigenvalue weighted by molar-refractivity contribution is 7.90. The second-order valence-electron chi connectivity index (χ2n) is 3.78. The molecule has 2 N–H and O–H groups in total. The van der Waals surface area contributed by atoms with Crippen LogP contribution in [-0.4, -0.2) is 25.7 Å². The van der Waals surface area contributed by atoms with Crippen LogP contribution in [0.4, 0.5) is 0 Å². The number of sulfone groups is 1. The SMILES string of the molecule is CS(=O)(=O)c1ccc2c(c1)CN[C@H]2C(=O)O. The van der Waals surface area contributed by atoms with Gasteiger partial charge in [0.05, 0.1) is 4.90 Å². The zero-order valence-corrected chi connectivity index (χ0v) is 9.41. The van der Waals surface area contributed by atoms with Gasteiger partial charge in [-0.1, -0.05) is 6.07 Å². The van der Waals surface area contributed by atoms with Crippen LogP contribution in [0.2, 0.25) is 0 Å². The van der Waals surface area contributed by atoms with Gasteiger partial charge in [0.2, 0.25) is 0 Å². The lowest BCUT2D eigenvalue weighted by molar-refractivity contribution is -0.139. The molecule has 6 heteroatoms. The van der Waals surface area contributed by atoms with Gasteiger partial charge in [-0.05, 0) is 23.3 Å². The van der Waals surface area contributed by atoms with Gasteiger partial charge in [0.15, 0.2) is 9.84 Å². The second-order valence-corrected chi connectivity index (χ2v) is 5.80. The summed E-state index contributed by atoms with van der Waals surface area (Å²) in [6.07, 6.45) is 1.13. The van der Waals surface area contributed by atoms with E-state index in [1.54, 1.807) is 6.07 Å². The van der Waals surface area contributed by atoms with Gasteiger partial charge in [0.25, 0.3) is 0 Å². The van der Waals surface area contributed by atoms with Crippen LogP contribution in [0.25, 0.3) is 0 Å². The Balaban J connectivity index is 2.48. The molecular formula is C10H11NO4S. The van der Waals surface area contributed by atoms with Gasteiger partial charge >= 0.3 is 5.97 Å². The largest absolute Gasteiger partial charge is 0.480 e. The average Bonchev–Trinajstić information content (AvgIpc) is 2.58. The third-order valence-corrected chi connectivity index (χ3v) is 3.71. The molecule has 2 rings (SSSR count). The zero-order valence-electron chi connectivity index (χ0n) is 8.60. The second kappa shape index (κ2) is 3.57. The zero-order chi connectivity index (χ0) is 11.9. The van der Waals surface area contributed by atoms with Crippen molar-refractivity contribution in [2.75, 3.05) is 6.26 Å².